The van der Waals surface area contributed by atoms with Gasteiger partial charge in [-0.3, -0.25) is 20.4 Å². The third-order valence-corrected chi connectivity index (χ3v) is 6.73. The number of carbonyl (C=O) groups excluding carboxylic acids is 1. The molecule has 4 rings (SSSR count). The number of aliphatic hydroxyl groups excluding tert-OH is 1. The number of amides is 1. The summed E-state index contributed by atoms with van der Waals surface area (Å²) in [5.41, 5.74) is 2.22. The topological polar surface area (TPSA) is 86.7 Å². The molecule has 7 heteroatoms. The van der Waals surface area contributed by atoms with Crippen molar-refractivity contribution >= 4 is 5.91 Å². The number of likely N-dealkylation sites (tertiary alicyclic amines) is 1. The van der Waals surface area contributed by atoms with Crippen molar-refractivity contribution in [2.75, 3.05) is 13.7 Å². The molecule has 2 aromatic rings. The van der Waals surface area contributed by atoms with Crippen molar-refractivity contribution in [1.29, 1.82) is 0 Å². The molecule has 7 nitrogen and oxygen atoms in total. The summed E-state index contributed by atoms with van der Waals surface area (Å²) < 4.78 is 5.17. The van der Waals surface area contributed by atoms with E-state index >= 15 is 0 Å². The average Bonchev–Trinajstić information content (AvgIpc) is 3.34. The SMILES string of the molecule is COc1ccc(CNC(O)NC2CCC(C(=O)N3CCC[C@@H]3c3cccnc3)CC2)cc1. The Morgan fingerprint density at radius 1 is 1.19 bits per heavy atom. The molecule has 1 saturated carbocycles. The predicted molar refractivity (Wildman–Crippen MR) is 123 cm³/mol. The van der Waals surface area contributed by atoms with Gasteiger partial charge in [-0.2, -0.15) is 0 Å². The van der Waals surface area contributed by atoms with Gasteiger partial charge in [0.25, 0.3) is 0 Å². The third-order valence-electron chi connectivity index (χ3n) is 6.73. The minimum Gasteiger partial charge on any atom is -0.497 e. The molecule has 3 N–H and O–H groups in total. The number of rotatable bonds is 8. The molecule has 0 bridgehead atoms. The number of ether oxygens (including phenoxy) is 1. The van der Waals surface area contributed by atoms with E-state index in [-0.39, 0.29) is 23.9 Å². The monoisotopic (exact) mass is 438 g/mol. The van der Waals surface area contributed by atoms with Gasteiger partial charge in [0, 0.05) is 37.4 Å². The molecule has 1 aliphatic heterocycles. The van der Waals surface area contributed by atoms with E-state index in [1.807, 2.05) is 36.5 Å². The second-order valence-corrected chi connectivity index (χ2v) is 8.82. The zero-order chi connectivity index (χ0) is 22.3. The summed E-state index contributed by atoms with van der Waals surface area (Å²) in [6.45, 7) is 1.40. The van der Waals surface area contributed by atoms with Crippen LogP contribution in [0, 0.1) is 5.92 Å². The maximum Gasteiger partial charge on any atom is 0.226 e. The Balaban J connectivity index is 1.21. The van der Waals surface area contributed by atoms with Crippen LogP contribution in [-0.4, -0.2) is 46.9 Å². The van der Waals surface area contributed by atoms with Crippen molar-refractivity contribution in [1.82, 2.24) is 20.5 Å². The van der Waals surface area contributed by atoms with Crippen molar-refractivity contribution in [3.05, 3.63) is 59.9 Å². The number of carbonyl (C=O) groups is 1. The minimum absolute atomic E-state index is 0.0784. The summed E-state index contributed by atoms with van der Waals surface area (Å²) in [5.74, 6) is 1.18. The lowest BCUT2D eigenvalue weighted by molar-refractivity contribution is -0.137. The van der Waals surface area contributed by atoms with Crippen LogP contribution in [0.4, 0.5) is 0 Å². The Kier molecular flexibility index (Phi) is 7.73. The van der Waals surface area contributed by atoms with E-state index in [0.29, 0.717) is 6.54 Å². The summed E-state index contributed by atoms with van der Waals surface area (Å²) >= 11 is 0. The number of hydrogen-bond donors (Lipinski definition) is 3. The van der Waals surface area contributed by atoms with Gasteiger partial charge in [-0.25, -0.2) is 0 Å². The molecule has 172 valence electrons. The zero-order valence-electron chi connectivity index (χ0n) is 18.7. The first-order valence-electron chi connectivity index (χ1n) is 11.6. The molecule has 32 heavy (non-hydrogen) atoms. The van der Waals surface area contributed by atoms with Gasteiger partial charge >= 0.3 is 0 Å². The van der Waals surface area contributed by atoms with E-state index in [1.165, 1.54) is 0 Å². The van der Waals surface area contributed by atoms with Crippen molar-refractivity contribution in [3.63, 3.8) is 0 Å². The van der Waals surface area contributed by atoms with Crippen LogP contribution in [-0.2, 0) is 11.3 Å². The second kappa shape index (κ2) is 10.9. The number of methoxy groups -OCH3 is 1. The summed E-state index contributed by atoms with van der Waals surface area (Å²) in [6.07, 6.45) is 8.45. The first-order valence-corrected chi connectivity index (χ1v) is 11.6. The van der Waals surface area contributed by atoms with Crippen LogP contribution in [0.15, 0.2) is 48.8 Å². The van der Waals surface area contributed by atoms with Crippen LogP contribution in [0.5, 0.6) is 5.75 Å². The van der Waals surface area contributed by atoms with Crippen LogP contribution in [0.3, 0.4) is 0 Å². The van der Waals surface area contributed by atoms with Crippen LogP contribution < -0.4 is 15.4 Å². The maximum absolute atomic E-state index is 13.2. The first-order chi connectivity index (χ1) is 15.6. The minimum atomic E-state index is -0.775. The molecule has 0 radical (unpaired) electrons. The number of nitrogens with one attached hydrogen (secondary N) is 2. The highest BCUT2D eigenvalue weighted by Gasteiger charge is 2.36. The molecule has 2 fully saturated rings. The zero-order valence-corrected chi connectivity index (χ0v) is 18.7. The number of aromatic nitrogens is 1. The van der Waals surface area contributed by atoms with Gasteiger partial charge in [0.2, 0.25) is 5.91 Å². The Labute approximate surface area is 190 Å². The largest absolute Gasteiger partial charge is 0.497 e. The van der Waals surface area contributed by atoms with E-state index in [9.17, 15) is 9.90 Å². The standard InChI is InChI=1S/C25H34N4O3/c1-32-22-12-6-18(7-13-22)16-27-25(31)28-21-10-8-19(9-11-21)24(30)29-15-3-5-23(29)20-4-2-14-26-17-20/h2,4,6-7,12-14,17,19,21,23,25,27-28,31H,3,5,8-11,15-16H2,1H3/t19?,21?,23-,25?/m1/s1. The van der Waals surface area contributed by atoms with Gasteiger partial charge < -0.3 is 14.7 Å². The molecule has 2 heterocycles. The molecule has 1 saturated heterocycles. The van der Waals surface area contributed by atoms with Gasteiger partial charge in [-0.15, -0.1) is 0 Å². The van der Waals surface area contributed by atoms with E-state index in [2.05, 4.69) is 26.6 Å². The molecular weight excluding hydrogens is 404 g/mol. The van der Waals surface area contributed by atoms with Crippen LogP contribution in [0.25, 0.3) is 0 Å². The van der Waals surface area contributed by atoms with Crippen LogP contribution in [0.2, 0.25) is 0 Å². The smallest absolute Gasteiger partial charge is 0.226 e. The van der Waals surface area contributed by atoms with Gasteiger partial charge in [-0.1, -0.05) is 18.2 Å². The highest BCUT2D eigenvalue weighted by molar-refractivity contribution is 5.79. The second-order valence-electron chi connectivity index (χ2n) is 8.82. The summed E-state index contributed by atoms with van der Waals surface area (Å²) in [5, 5.41) is 16.7. The van der Waals surface area contributed by atoms with Crippen molar-refractivity contribution in [2.24, 2.45) is 5.92 Å². The summed E-state index contributed by atoms with van der Waals surface area (Å²) in [4.78, 5) is 19.5. The molecule has 1 unspecified atom stereocenters. The van der Waals surface area contributed by atoms with Gasteiger partial charge in [0.15, 0.2) is 6.35 Å². The first kappa shape index (κ1) is 22.7. The Morgan fingerprint density at radius 3 is 2.66 bits per heavy atom. The Bertz CT molecular complexity index is 853. The lowest BCUT2D eigenvalue weighted by Crippen LogP contribution is -2.49. The molecule has 1 aromatic carbocycles. The number of pyridine rings is 1. The molecule has 1 aromatic heterocycles. The van der Waals surface area contributed by atoms with Crippen molar-refractivity contribution in [2.45, 2.75) is 63.5 Å². The van der Waals surface area contributed by atoms with Crippen molar-refractivity contribution < 1.29 is 14.6 Å². The van der Waals surface area contributed by atoms with E-state index in [1.54, 1.807) is 13.3 Å². The van der Waals surface area contributed by atoms with Crippen LogP contribution >= 0.6 is 0 Å². The van der Waals surface area contributed by atoms with E-state index in [0.717, 1.165) is 61.9 Å². The number of hydrogen-bond acceptors (Lipinski definition) is 6. The molecule has 2 aliphatic rings. The highest BCUT2D eigenvalue weighted by Crippen LogP contribution is 2.35. The summed E-state index contributed by atoms with van der Waals surface area (Å²) in [6, 6.07) is 12.2. The quantitative estimate of drug-likeness (QED) is 0.550. The maximum atomic E-state index is 13.2. The fraction of sp³-hybridized carbons (Fsp3) is 0.520. The van der Waals surface area contributed by atoms with Crippen LogP contribution in [0.1, 0.15) is 55.7 Å². The van der Waals surface area contributed by atoms with E-state index in [4.69, 9.17) is 4.74 Å². The lowest BCUT2D eigenvalue weighted by Gasteiger charge is -2.34. The van der Waals surface area contributed by atoms with E-state index < -0.39 is 6.35 Å². The van der Waals surface area contributed by atoms with Gasteiger partial charge in [0.05, 0.1) is 13.2 Å². The highest BCUT2D eigenvalue weighted by atomic mass is 16.5. The molecular formula is C25H34N4O3. The number of nitrogens with zero attached hydrogens (tertiary/aromatic N) is 2. The normalized spacial score (nSPS) is 24.3. The Morgan fingerprint density at radius 2 is 1.97 bits per heavy atom. The number of aliphatic hydroxyl groups is 1. The Hall–Kier alpha value is -2.48. The fourth-order valence-electron chi connectivity index (χ4n) is 4.93. The molecule has 1 aliphatic carbocycles. The van der Waals surface area contributed by atoms with Gasteiger partial charge in [0.1, 0.15) is 5.75 Å². The lowest BCUT2D eigenvalue weighted by atomic mass is 9.85. The van der Waals surface area contributed by atoms with Gasteiger partial charge in [-0.05, 0) is 67.9 Å². The fourth-order valence-corrected chi connectivity index (χ4v) is 4.93. The molecule has 0 spiro atoms. The number of benzene rings is 1. The molecule has 1 amide bonds. The molecule has 2 atom stereocenters. The third kappa shape index (κ3) is 5.65. The van der Waals surface area contributed by atoms with Crippen molar-refractivity contribution in [3.8, 4) is 5.75 Å². The predicted octanol–water partition coefficient (Wildman–Crippen LogP) is 2.97. The average molecular weight is 439 g/mol. The summed E-state index contributed by atoms with van der Waals surface area (Å²) in [7, 11) is 1.65.